The maximum absolute atomic E-state index is 12.6. The van der Waals surface area contributed by atoms with Crippen molar-refractivity contribution in [3.8, 4) is 5.69 Å². The molecule has 0 saturated heterocycles. The second-order valence-corrected chi connectivity index (χ2v) is 7.21. The van der Waals surface area contributed by atoms with Crippen LogP contribution in [0.15, 0.2) is 67.0 Å². The molecule has 5 rings (SSSR count). The van der Waals surface area contributed by atoms with E-state index in [4.69, 9.17) is 4.98 Å². The fraction of sp³-hybridized carbons (Fsp3) is 0.182. The minimum atomic E-state index is -0.123. The molecule has 2 aromatic heterocycles. The first-order valence-electron chi connectivity index (χ1n) is 9.40. The Morgan fingerprint density at radius 2 is 1.82 bits per heavy atom. The van der Waals surface area contributed by atoms with Crippen LogP contribution >= 0.6 is 0 Å². The molecule has 6 nitrogen and oxygen atoms in total. The molecular formula is C22H21N5O. The number of rotatable bonds is 3. The van der Waals surface area contributed by atoms with E-state index >= 15 is 0 Å². The summed E-state index contributed by atoms with van der Waals surface area (Å²) in [7, 11) is 2.11. The van der Waals surface area contributed by atoms with Crippen molar-refractivity contribution in [2.45, 2.75) is 13.1 Å². The van der Waals surface area contributed by atoms with E-state index in [1.165, 1.54) is 0 Å². The Kier molecular flexibility index (Phi) is 3.98. The number of nitrogens with zero attached hydrogens (tertiary/aromatic N) is 4. The van der Waals surface area contributed by atoms with Crippen molar-refractivity contribution in [1.82, 2.24) is 19.0 Å². The lowest BCUT2D eigenvalue weighted by Crippen LogP contribution is -2.30. The number of carbonyl (C=O) groups excluding carboxylic acids is 1. The Balaban J connectivity index is 1.36. The van der Waals surface area contributed by atoms with Crippen molar-refractivity contribution in [2.24, 2.45) is 0 Å². The first-order chi connectivity index (χ1) is 13.7. The van der Waals surface area contributed by atoms with Crippen LogP contribution in [0.5, 0.6) is 0 Å². The number of nitrogens with one attached hydrogen (secondary N) is 1. The summed E-state index contributed by atoms with van der Waals surface area (Å²) in [6.07, 6.45) is 3.96. The van der Waals surface area contributed by atoms with Crippen molar-refractivity contribution in [1.29, 1.82) is 0 Å². The van der Waals surface area contributed by atoms with E-state index in [-0.39, 0.29) is 5.91 Å². The first-order valence-corrected chi connectivity index (χ1v) is 9.40. The van der Waals surface area contributed by atoms with Gasteiger partial charge in [-0.15, -0.1) is 0 Å². The second-order valence-electron chi connectivity index (χ2n) is 7.21. The van der Waals surface area contributed by atoms with Crippen LogP contribution in [0.25, 0.3) is 16.7 Å². The van der Waals surface area contributed by atoms with Gasteiger partial charge in [-0.25, -0.2) is 4.98 Å². The van der Waals surface area contributed by atoms with E-state index in [9.17, 15) is 4.79 Å². The number of fused-ring (bicyclic) bond motifs is 3. The standard InChI is InChI=1S/C22H21N5O/c1-25-12-13-27-20-9-6-17(14-19(20)24-21(27)15-25)23-22(28)16-4-7-18(8-5-16)26-10-2-3-11-26/h2-11,14H,12-13,15H2,1H3,(H,23,28). The summed E-state index contributed by atoms with van der Waals surface area (Å²) in [4.78, 5) is 19.7. The molecule has 28 heavy (non-hydrogen) atoms. The summed E-state index contributed by atoms with van der Waals surface area (Å²) < 4.78 is 4.27. The van der Waals surface area contributed by atoms with Crippen molar-refractivity contribution < 1.29 is 4.79 Å². The molecule has 1 aliphatic heterocycles. The van der Waals surface area contributed by atoms with Gasteiger partial charge in [0.25, 0.3) is 5.91 Å². The molecule has 0 unspecified atom stereocenters. The largest absolute Gasteiger partial charge is 0.326 e. The highest BCUT2D eigenvalue weighted by Crippen LogP contribution is 2.23. The van der Waals surface area contributed by atoms with Crippen LogP contribution in [0, 0.1) is 0 Å². The highest BCUT2D eigenvalue weighted by atomic mass is 16.1. The van der Waals surface area contributed by atoms with E-state index in [0.717, 1.165) is 47.9 Å². The van der Waals surface area contributed by atoms with Crippen LogP contribution in [0.4, 0.5) is 5.69 Å². The van der Waals surface area contributed by atoms with Crippen molar-refractivity contribution in [2.75, 3.05) is 18.9 Å². The van der Waals surface area contributed by atoms with Gasteiger partial charge in [-0.05, 0) is 61.6 Å². The summed E-state index contributed by atoms with van der Waals surface area (Å²) >= 11 is 0. The summed E-state index contributed by atoms with van der Waals surface area (Å²) in [5, 5.41) is 2.99. The number of imidazole rings is 1. The molecule has 0 bridgehead atoms. The SMILES string of the molecule is CN1CCn2c(nc3cc(NC(=O)c4ccc(-n5cccc5)cc4)ccc32)C1. The molecule has 1 aliphatic rings. The third-order valence-electron chi connectivity index (χ3n) is 5.23. The lowest BCUT2D eigenvalue weighted by molar-refractivity contribution is 0.102. The molecule has 0 aliphatic carbocycles. The monoisotopic (exact) mass is 371 g/mol. The summed E-state index contributed by atoms with van der Waals surface area (Å²) in [5.41, 5.74) is 4.46. The Hall–Kier alpha value is -3.38. The van der Waals surface area contributed by atoms with E-state index in [2.05, 4.69) is 21.8 Å². The van der Waals surface area contributed by atoms with Gasteiger partial charge < -0.3 is 14.5 Å². The predicted molar refractivity (Wildman–Crippen MR) is 110 cm³/mol. The molecule has 2 aromatic carbocycles. The third kappa shape index (κ3) is 2.97. The molecule has 1 amide bonds. The maximum atomic E-state index is 12.6. The van der Waals surface area contributed by atoms with Crippen molar-refractivity contribution in [3.63, 3.8) is 0 Å². The van der Waals surface area contributed by atoms with Crippen LogP contribution in [0.1, 0.15) is 16.2 Å². The zero-order valence-electron chi connectivity index (χ0n) is 15.7. The average molecular weight is 371 g/mol. The Morgan fingerprint density at radius 1 is 1.04 bits per heavy atom. The minimum Gasteiger partial charge on any atom is -0.326 e. The molecule has 140 valence electrons. The van der Waals surface area contributed by atoms with E-state index in [1.807, 2.05) is 71.6 Å². The molecule has 0 radical (unpaired) electrons. The molecule has 6 heteroatoms. The molecule has 4 aromatic rings. The number of hydrogen-bond acceptors (Lipinski definition) is 3. The number of anilines is 1. The number of hydrogen-bond donors (Lipinski definition) is 1. The minimum absolute atomic E-state index is 0.123. The lowest BCUT2D eigenvalue weighted by Gasteiger charge is -2.23. The van der Waals surface area contributed by atoms with Gasteiger partial charge in [0, 0.05) is 42.4 Å². The number of likely N-dealkylation sites (N-methyl/N-ethyl adjacent to an activating group) is 1. The molecule has 0 fully saturated rings. The van der Waals surface area contributed by atoms with Gasteiger partial charge in [-0.3, -0.25) is 9.69 Å². The lowest BCUT2D eigenvalue weighted by atomic mass is 10.2. The van der Waals surface area contributed by atoms with Crippen molar-refractivity contribution in [3.05, 3.63) is 78.4 Å². The summed E-state index contributed by atoms with van der Waals surface area (Å²) in [6.45, 7) is 2.82. The number of amides is 1. The second kappa shape index (κ2) is 6.65. The molecule has 1 N–H and O–H groups in total. The Morgan fingerprint density at radius 3 is 2.61 bits per heavy atom. The van der Waals surface area contributed by atoms with Crippen molar-refractivity contribution >= 4 is 22.6 Å². The summed E-state index contributed by atoms with van der Waals surface area (Å²) in [6, 6.07) is 17.5. The molecule has 0 saturated carbocycles. The zero-order valence-corrected chi connectivity index (χ0v) is 15.7. The molecule has 3 heterocycles. The number of benzene rings is 2. The Labute approximate surface area is 163 Å². The third-order valence-corrected chi connectivity index (χ3v) is 5.23. The van der Waals surface area contributed by atoms with E-state index in [0.29, 0.717) is 5.56 Å². The summed E-state index contributed by atoms with van der Waals surface area (Å²) in [5.74, 6) is 0.954. The average Bonchev–Trinajstić information content (AvgIpc) is 3.35. The highest BCUT2D eigenvalue weighted by molar-refractivity contribution is 6.05. The van der Waals surface area contributed by atoms with Gasteiger partial charge >= 0.3 is 0 Å². The van der Waals surface area contributed by atoms with Gasteiger partial charge in [-0.1, -0.05) is 0 Å². The van der Waals surface area contributed by atoms with E-state index in [1.54, 1.807) is 0 Å². The fourth-order valence-corrected chi connectivity index (χ4v) is 3.71. The highest BCUT2D eigenvalue weighted by Gasteiger charge is 2.18. The topological polar surface area (TPSA) is 55.1 Å². The van der Waals surface area contributed by atoms with Crippen LogP contribution in [-0.2, 0) is 13.1 Å². The number of aromatic nitrogens is 3. The van der Waals surface area contributed by atoms with Gasteiger partial charge in [0.15, 0.2) is 0 Å². The zero-order chi connectivity index (χ0) is 19.1. The number of carbonyl (C=O) groups is 1. The van der Waals surface area contributed by atoms with E-state index < -0.39 is 0 Å². The van der Waals surface area contributed by atoms with Crippen LogP contribution in [0.2, 0.25) is 0 Å². The van der Waals surface area contributed by atoms with Crippen LogP contribution in [-0.4, -0.2) is 38.5 Å². The first kappa shape index (κ1) is 16.8. The van der Waals surface area contributed by atoms with Crippen LogP contribution < -0.4 is 5.32 Å². The fourth-order valence-electron chi connectivity index (χ4n) is 3.71. The van der Waals surface area contributed by atoms with Gasteiger partial charge in [-0.2, -0.15) is 0 Å². The quantitative estimate of drug-likeness (QED) is 0.599. The van der Waals surface area contributed by atoms with Gasteiger partial charge in [0.2, 0.25) is 0 Å². The molecule has 0 atom stereocenters. The Bertz CT molecular complexity index is 1140. The van der Waals surface area contributed by atoms with Crippen LogP contribution in [0.3, 0.4) is 0 Å². The maximum Gasteiger partial charge on any atom is 0.255 e. The van der Waals surface area contributed by atoms with Gasteiger partial charge in [0.05, 0.1) is 17.6 Å². The molecule has 0 spiro atoms. The van der Waals surface area contributed by atoms with Gasteiger partial charge in [0.1, 0.15) is 5.82 Å². The normalized spacial score (nSPS) is 14.2. The predicted octanol–water partition coefficient (Wildman–Crippen LogP) is 3.52. The smallest absolute Gasteiger partial charge is 0.255 e. The molecular weight excluding hydrogens is 350 g/mol.